The molecule has 2 rings (SSSR count). The highest BCUT2D eigenvalue weighted by Gasteiger charge is 2.07. The molecule has 0 aliphatic carbocycles. The lowest BCUT2D eigenvalue weighted by Gasteiger charge is -2.07. The molecule has 0 unspecified atom stereocenters. The van der Waals surface area contributed by atoms with Gasteiger partial charge in [-0.2, -0.15) is 5.26 Å². The van der Waals surface area contributed by atoms with Crippen molar-refractivity contribution in [3.05, 3.63) is 53.8 Å². The van der Waals surface area contributed by atoms with Crippen molar-refractivity contribution in [2.24, 2.45) is 0 Å². The van der Waals surface area contributed by atoms with Crippen LogP contribution in [0, 0.1) is 17.1 Å². The van der Waals surface area contributed by atoms with Crippen molar-refractivity contribution in [3.63, 3.8) is 0 Å². The first-order valence-electron chi connectivity index (χ1n) is 6.06. The van der Waals surface area contributed by atoms with E-state index in [0.29, 0.717) is 21.8 Å². The SMILES string of the molecule is N#Cc1ccc(NC(=O)CSc2cc(F)ccc2N)cc1. The minimum atomic E-state index is -0.390. The minimum absolute atomic E-state index is 0.119. The van der Waals surface area contributed by atoms with Crippen LogP contribution in [-0.2, 0) is 4.79 Å². The molecule has 3 N–H and O–H groups in total. The third kappa shape index (κ3) is 4.23. The molecule has 0 saturated heterocycles. The molecule has 6 heteroatoms. The van der Waals surface area contributed by atoms with Gasteiger partial charge >= 0.3 is 0 Å². The highest BCUT2D eigenvalue weighted by Crippen LogP contribution is 2.25. The quantitative estimate of drug-likeness (QED) is 0.672. The van der Waals surface area contributed by atoms with Gasteiger partial charge in [-0.1, -0.05) is 0 Å². The fourth-order valence-electron chi connectivity index (χ4n) is 1.60. The van der Waals surface area contributed by atoms with Crippen molar-refractivity contribution < 1.29 is 9.18 Å². The average molecular weight is 301 g/mol. The number of benzene rings is 2. The highest BCUT2D eigenvalue weighted by molar-refractivity contribution is 8.00. The van der Waals surface area contributed by atoms with Crippen LogP contribution in [0.2, 0.25) is 0 Å². The first-order chi connectivity index (χ1) is 10.1. The summed E-state index contributed by atoms with van der Waals surface area (Å²) in [4.78, 5) is 12.3. The first-order valence-corrected chi connectivity index (χ1v) is 7.05. The molecule has 0 spiro atoms. The van der Waals surface area contributed by atoms with Gasteiger partial charge in [0.2, 0.25) is 5.91 Å². The van der Waals surface area contributed by atoms with Crippen molar-refractivity contribution in [2.75, 3.05) is 16.8 Å². The third-order valence-electron chi connectivity index (χ3n) is 2.63. The van der Waals surface area contributed by atoms with E-state index in [1.54, 1.807) is 24.3 Å². The first kappa shape index (κ1) is 14.9. The molecular formula is C15H12FN3OS. The number of hydrogen-bond acceptors (Lipinski definition) is 4. The standard InChI is InChI=1S/C15H12FN3OS/c16-11-3-6-13(18)14(7-11)21-9-15(20)19-12-4-1-10(8-17)2-5-12/h1-7H,9,18H2,(H,19,20). The van der Waals surface area contributed by atoms with Crippen LogP contribution >= 0.6 is 11.8 Å². The second-order valence-corrected chi connectivity index (χ2v) is 5.23. The zero-order valence-electron chi connectivity index (χ0n) is 11.0. The molecule has 1 amide bonds. The summed E-state index contributed by atoms with van der Waals surface area (Å²) in [5.41, 5.74) is 7.27. The van der Waals surface area contributed by atoms with E-state index in [9.17, 15) is 9.18 Å². The van der Waals surface area contributed by atoms with Gasteiger partial charge in [-0.15, -0.1) is 11.8 Å². The Labute approximate surface area is 125 Å². The van der Waals surface area contributed by atoms with E-state index in [1.807, 2.05) is 6.07 Å². The fraction of sp³-hybridized carbons (Fsp3) is 0.0667. The van der Waals surface area contributed by atoms with E-state index in [4.69, 9.17) is 11.0 Å². The molecule has 0 radical (unpaired) electrons. The second kappa shape index (κ2) is 6.77. The number of amides is 1. The van der Waals surface area contributed by atoms with Crippen molar-refractivity contribution in [2.45, 2.75) is 4.90 Å². The Morgan fingerprint density at radius 1 is 1.29 bits per heavy atom. The van der Waals surface area contributed by atoms with E-state index in [2.05, 4.69) is 5.32 Å². The highest BCUT2D eigenvalue weighted by atomic mass is 32.2. The maximum absolute atomic E-state index is 13.1. The topological polar surface area (TPSA) is 78.9 Å². The van der Waals surface area contributed by atoms with E-state index in [1.165, 1.54) is 30.0 Å². The Morgan fingerprint density at radius 2 is 2.00 bits per heavy atom. The zero-order valence-corrected chi connectivity index (χ0v) is 11.8. The molecule has 4 nitrogen and oxygen atoms in total. The smallest absolute Gasteiger partial charge is 0.234 e. The molecule has 0 aliphatic heterocycles. The number of rotatable bonds is 4. The summed E-state index contributed by atoms with van der Waals surface area (Å²) >= 11 is 1.17. The van der Waals surface area contributed by atoms with Crippen LogP contribution in [-0.4, -0.2) is 11.7 Å². The molecule has 0 saturated carbocycles. The fourth-order valence-corrected chi connectivity index (χ4v) is 2.39. The van der Waals surface area contributed by atoms with Crippen molar-refractivity contribution in [3.8, 4) is 6.07 Å². The lowest BCUT2D eigenvalue weighted by atomic mass is 10.2. The predicted molar refractivity (Wildman–Crippen MR) is 81.3 cm³/mol. The summed E-state index contributed by atoms with van der Waals surface area (Å²) in [7, 11) is 0. The Hall–Kier alpha value is -2.52. The molecule has 21 heavy (non-hydrogen) atoms. The Bertz CT molecular complexity index is 695. The third-order valence-corrected chi connectivity index (χ3v) is 3.70. The number of carbonyl (C=O) groups excluding carboxylic acids is 1. The van der Waals surface area contributed by atoms with Gasteiger partial charge in [0.15, 0.2) is 0 Å². The van der Waals surface area contributed by atoms with Crippen molar-refractivity contribution in [1.29, 1.82) is 5.26 Å². The number of nitrogens with two attached hydrogens (primary N) is 1. The van der Waals surface area contributed by atoms with Gasteiger partial charge in [-0.3, -0.25) is 4.79 Å². The summed E-state index contributed by atoms with van der Waals surface area (Å²) in [5, 5.41) is 11.4. The number of anilines is 2. The summed E-state index contributed by atoms with van der Waals surface area (Å²) in [6, 6.07) is 12.6. The van der Waals surface area contributed by atoms with Gasteiger partial charge in [0.1, 0.15) is 5.82 Å². The number of thioether (sulfide) groups is 1. The number of nitrogen functional groups attached to an aromatic ring is 1. The molecule has 0 bridgehead atoms. The van der Waals surface area contributed by atoms with Gasteiger partial charge < -0.3 is 11.1 Å². The van der Waals surface area contributed by atoms with E-state index in [0.717, 1.165) is 0 Å². The largest absolute Gasteiger partial charge is 0.398 e. The Morgan fingerprint density at radius 3 is 2.67 bits per heavy atom. The van der Waals surface area contributed by atoms with Gasteiger partial charge in [-0.05, 0) is 42.5 Å². The number of nitrogens with one attached hydrogen (secondary N) is 1. The van der Waals surface area contributed by atoms with Gasteiger partial charge in [0.05, 0.1) is 17.4 Å². The predicted octanol–water partition coefficient (Wildman–Crippen LogP) is 3.01. The van der Waals surface area contributed by atoms with Gasteiger partial charge in [0.25, 0.3) is 0 Å². The zero-order chi connectivity index (χ0) is 15.2. The lowest BCUT2D eigenvalue weighted by Crippen LogP contribution is -2.14. The molecule has 0 aliphatic rings. The number of carbonyl (C=O) groups is 1. The van der Waals surface area contributed by atoms with Crippen LogP contribution in [0.5, 0.6) is 0 Å². The Kier molecular flexibility index (Phi) is 4.80. The Balaban J connectivity index is 1.92. The summed E-state index contributed by atoms with van der Waals surface area (Å²) < 4.78 is 13.1. The monoisotopic (exact) mass is 301 g/mol. The van der Waals surface area contributed by atoms with Crippen LogP contribution in [0.4, 0.5) is 15.8 Å². The normalized spacial score (nSPS) is 9.90. The van der Waals surface area contributed by atoms with Crippen LogP contribution in [0.15, 0.2) is 47.4 Å². The summed E-state index contributed by atoms with van der Waals surface area (Å²) in [5.74, 6) is -0.499. The number of halogens is 1. The van der Waals surface area contributed by atoms with E-state index in [-0.39, 0.29) is 17.5 Å². The molecule has 0 aromatic heterocycles. The maximum Gasteiger partial charge on any atom is 0.234 e. The molecular weight excluding hydrogens is 289 g/mol. The van der Waals surface area contributed by atoms with Crippen LogP contribution in [0.1, 0.15) is 5.56 Å². The van der Waals surface area contributed by atoms with Crippen molar-refractivity contribution >= 4 is 29.0 Å². The van der Waals surface area contributed by atoms with Gasteiger partial charge in [0, 0.05) is 16.3 Å². The molecule has 0 heterocycles. The number of nitrogens with zero attached hydrogens (tertiary/aromatic N) is 1. The number of hydrogen-bond donors (Lipinski definition) is 2. The van der Waals surface area contributed by atoms with Crippen LogP contribution < -0.4 is 11.1 Å². The second-order valence-electron chi connectivity index (χ2n) is 4.21. The molecule has 106 valence electrons. The van der Waals surface area contributed by atoms with Gasteiger partial charge in [-0.25, -0.2) is 4.39 Å². The molecule has 0 atom stereocenters. The van der Waals surface area contributed by atoms with Crippen LogP contribution in [0.25, 0.3) is 0 Å². The van der Waals surface area contributed by atoms with Crippen molar-refractivity contribution in [1.82, 2.24) is 0 Å². The summed E-state index contributed by atoms with van der Waals surface area (Å²) in [6.45, 7) is 0. The minimum Gasteiger partial charge on any atom is -0.398 e. The van der Waals surface area contributed by atoms with Crippen LogP contribution in [0.3, 0.4) is 0 Å². The van der Waals surface area contributed by atoms with E-state index >= 15 is 0 Å². The van der Waals surface area contributed by atoms with E-state index < -0.39 is 0 Å². The molecule has 2 aromatic rings. The lowest BCUT2D eigenvalue weighted by molar-refractivity contribution is -0.113. The summed E-state index contributed by atoms with van der Waals surface area (Å²) in [6.07, 6.45) is 0. The number of nitriles is 1. The molecule has 2 aromatic carbocycles. The maximum atomic E-state index is 13.1. The molecule has 0 fully saturated rings. The average Bonchev–Trinajstić information content (AvgIpc) is 2.49.